The summed E-state index contributed by atoms with van der Waals surface area (Å²) >= 11 is 0. The van der Waals surface area contributed by atoms with E-state index in [1.54, 1.807) is 0 Å². The molecule has 0 bridgehead atoms. The minimum absolute atomic E-state index is 0.108. The quantitative estimate of drug-likeness (QED) is 0.0222. The average Bonchev–Trinajstić information content (AvgIpc) is 0.926. The lowest BCUT2D eigenvalue weighted by molar-refractivity contribution is -0.161. The second kappa shape index (κ2) is 75.3. The Labute approximate surface area is 613 Å². The van der Waals surface area contributed by atoms with Gasteiger partial charge in [-0.1, -0.05) is 387 Å². The van der Waals surface area contributed by atoms with Crippen molar-refractivity contribution in [2.24, 2.45) is 0 Å². The highest BCUT2D eigenvalue weighted by Gasteiger charge is 2.30. The Morgan fingerprint density at radius 1 is 0.240 bits per heavy atom. The summed E-state index contributed by atoms with van der Waals surface area (Å²) in [7, 11) is -9.91. The zero-order valence-electron chi connectivity index (χ0n) is 65.2. The van der Waals surface area contributed by atoms with Crippen molar-refractivity contribution in [1.82, 2.24) is 0 Å². The molecule has 0 aliphatic rings. The molecule has 17 nitrogen and oxygen atoms in total. The Bertz CT molecular complexity index is 1890. The van der Waals surface area contributed by atoms with Crippen LogP contribution in [0.25, 0.3) is 0 Å². The third-order valence-corrected chi connectivity index (χ3v) is 21.0. The zero-order chi connectivity index (χ0) is 73.2. The molecule has 100 heavy (non-hydrogen) atoms. The number of phosphoric acid groups is 2. The van der Waals surface area contributed by atoms with Gasteiger partial charge in [-0.15, -0.1) is 0 Å². The second-order valence-corrected chi connectivity index (χ2v) is 32.1. The number of hydrogen-bond donors (Lipinski definition) is 3. The molecule has 5 atom stereocenters. The van der Waals surface area contributed by atoms with Crippen molar-refractivity contribution in [1.29, 1.82) is 0 Å². The topological polar surface area (TPSA) is 237 Å². The molecule has 0 fully saturated rings. The SMILES string of the molecule is CCCCCCCCCCCCCCCCCCCCCCCC(=O)O[C@H](COC(=O)CCCCCCCCCCCCCCCCCCC)COP(=O)(O)OC[C@@H](O)COP(=O)(O)OC[C@@H](COC(=O)CCCCCCCCCCCC)OC(=O)CCCCCCCCCCCCCC. The monoisotopic (exact) mass is 1470 g/mol. The summed E-state index contributed by atoms with van der Waals surface area (Å²) in [5, 5.41) is 10.6. The van der Waals surface area contributed by atoms with Crippen LogP contribution in [0.5, 0.6) is 0 Å². The van der Waals surface area contributed by atoms with Crippen molar-refractivity contribution >= 4 is 39.5 Å². The first-order valence-corrected chi connectivity index (χ1v) is 45.3. The molecule has 19 heteroatoms. The summed E-state index contributed by atoms with van der Waals surface area (Å²) in [6.45, 7) is 5.01. The van der Waals surface area contributed by atoms with E-state index in [-0.39, 0.29) is 25.7 Å². The van der Waals surface area contributed by atoms with Gasteiger partial charge in [-0.25, -0.2) is 9.13 Å². The third-order valence-electron chi connectivity index (χ3n) is 19.1. The normalized spacial score (nSPS) is 13.8. The fraction of sp³-hybridized carbons (Fsp3) is 0.951. The Balaban J connectivity index is 5.20. The zero-order valence-corrected chi connectivity index (χ0v) is 67.0. The smallest absolute Gasteiger partial charge is 0.462 e. The van der Waals surface area contributed by atoms with E-state index in [4.69, 9.17) is 37.0 Å². The van der Waals surface area contributed by atoms with E-state index >= 15 is 0 Å². The molecule has 0 rings (SSSR count). The number of aliphatic hydroxyl groups excluding tert-OH is 1. The van der Waals surface area contributed by atoms with E-state index in [0.29, 0.717) is 25.7 Å². The summed E-state index contributed by atoms with van der Waals surface area (Å²) < 4.78 is 68.7. The van der Waals surface area contributed by atoms with Gasteiger partial charge in [0.1, 0.15) is 19.3 Å². The van der Waals surface area contributed by atoms with E-state index in [1.165, 1.54) is 270 Å². The number of carbonyl (C=O) groups is 4. The summed E-state index contributed by atoms with van der Waals surface area (Å²) in [4.78, 5) is 73.0. The molecule has 0 aliphatic carbocycles. The van der Waals surface area contributed by atoms with Crippen molar-refractivity contribution < 1.29 is 80.2 Å². The minimum Gasteiger partial charge on any atom is -0.462 e. The molecule has 0 saturated carbocycles. The predicted molar refractivity (Wildman–Crippen MR) is 409 cm³/mol. The maximum atomic E-state index is 13.1. The average molecular weight is 1470 g/mol. The lowest BCUT2D eigenvalue weighted by Crippen LogP contribution is -2.30. The first-order valence-electron chi connectivity index (χ1n) is 42.3. The fourth-order valence-electron chi connectivity index (χ4n) is 12.6. The predicted octanol–water partition coefficient (Wildman–Crippen LogP) is 24.6. The summed E-state index contributed by atoms with van der Waals surface area (Å²) in [6.07, 6.45) is 68.0. The van der Waals surface area contributed by atoms with Gasteiger partial charge in [-0.05, 0) is 25.7 Å². The molecule has 594 valence electrons. The maximum absolute atomic E-state index is 13.1. The van der Waals surface area contributed by atoms with E-state index in [9.17, 15) is 43.2 Å². The van der Waals surface area contributed by atoms with Crippen LogP contribution in [0.4, 0.5) is 0 Å². The minimum atomic E-state index is -4.96. The van der Waals surface area contributed by atoms with Crippen LogP contribution in [0.3, 0.4) is 0 Å². The van der Waals surface area contributed by atoms with Gasteiger partial charge in [0.2, 0.25) is 0 Å². The van der Waals surface area contributed by atoms with Gasteiger partial charge in [0.05, 0.1) is 26.4 Å². The van der Waals surface area contributed by atoms with Gasteiger partial charge >= 0.3 is 39.5 Å². The first kappa shape index (κ1) is 98.1. The van der Waals surface area contributed by atoms with Gasteiger partial charge < -0.3 is 33.8 Å². The number of unbranched alkanes of at least 4 members (excludes halogenated alkanes) is 56. The largest absolute Gasteiger partial charge is 0.472 e. The molecule has 0 spiro atoms. The molecule has 0 aromatic rings. The Morgan fingerprint density at radius 2 is 0.400 bits per heavy atom. The van der Waals surface area contributed by atoms with E-state index in [0.717, 1.165) is 89.9 Å². The molecule has 0 amide bonds. The Kier molecular flexibility index (Phi) is 73.8. The van der Waals surface area contributed by atoms with E-state index in [1.807, 2.05) is 0 Å². The van der Waals surface area contributed by atoms with E-state index in [2.05, 4.69) is 27.7 Å². The first-order chi connectivity index (χ1) is 48.7. The van der Waals surface area contributed by atoms with Crippen LogP contribution in [-0.2, 0) is 65.4 Å². The number of esters is 4. The van der Waals surface area contributed by atoms with Gasteiger partial charge in [-0.2, -0.15) is 0 Å². The van der Waals surface area contributed by atoms with Crippen LogP contribution in [-0.4, -0.2) is 96.7 Å². The number of phosphoric ester groups is 2. The van der Waals surface area contributed by atoms with Gasteiger partial charge in [-0.3, -0.25) is 37.3 Å². The molecule has 3 N–H and O–H groups in total. The number of hydrogen-bond acceptors (Lipinski definition) is 15. The molecule has 0 radical (unpaired) electrons. The highest BCUT2D eigenvalue weighted by molar-refractivity contribution is 7.47. The number of rotatable bonds is 82. The Morgan fingerprint density at radius 3 is 0.590 bits per heavy atom. The molecular weight excluding hydrogens is 1310 g/mol. The molecule has 0 saturated heterocycles. The molecule has 0 aliphatic heterocycles. The standard InChI is InChI=1S/C81H158O17P2/c1-5-9-13-17-21-25-29-32-34-36-37-38-39-41-43-45-48-52-56-60-64-68-81(86)98-77(72-92-79(84)66-62-58-54-50-47-44-42-40-35-33-30-26-22-18-14-10-6-2)74-96-100(89,90)94-70-75(82)69-93-99(87,88)95-73-76(71-91-78(83)65-61-57-53-49-28-24-20-16-12-8-4)97-80(85)67-63-59-55-51-46-31-27-23-19-15-11-7-3/h75-77,82H,5-74H2,1-4H3,(H,87,88)(H,89,90)/t75-,76+,77+/m0/s1. The van der Waals surface area contributed by atoms with Crippen LogP contribution in [0.1, 0.15) is 439 Å². The summed E-state index contributed by atoms with van der Waals surface area (Å²) in [5.41, 5.74) is 0. The number of ether oxygens (including phenoxy) is 4. The van der Waals surface area contributed by atoms with Crippen LogP contribution in [0.2, 0.25) is 0 Å². The van der Waals surface area contributed by atoms with Crippen molar-refractivity contribution in [3.63, 3.8) is 0 Å². The van der Waals surface area contributed by atoms with Crippen molar-refractivity contribution in [2.75, 3.05) is 39.6 Å². The number of carbonyl (C=O) groups excluding carboxylic acids is 4. The lowest BCUT2D eigenvalue weighted by Gasteiger charge is -2.21. The lowest BCUT2D eigenvalue weighted by atomic mass is 10.0. The number of aliphatic hydroxyl groups is 1. The fourth-order valence-corrected chi connectivity index (χ4v) is 14.2. The third kappa shape index (κ3) is 74.3. The van der Waals surface area contributed by atoms with Crippen molar-refractivity contribution in [3.05, 3.63) is 0 Å². The van der Waals surface area contributed by atoms with Crippen LogP contribution in [0, 0.1) is 0 Å². The van der Waals surface area contributed by atoms with Crippen molar-refractivity contribution in [2.45, 2.75) is 457 Å². The highest BCUT2D eigenvalue weighted by atomic mass is 31.2. The highest BCUT2D eigenvalue weighted by Crippen LogP contribution is 2.45. The van der Waals surface area contributed by atoms with Crippen molar-refractivity contribution in [3.8, 4) is 0 Å². The summed E-state index contributed by atoms with van der Waals surface area (Å²) in [5.74, 6) is -2.10. The van der Waals surface area contributed by atoms with E-state index < -0.39 is 97.5 Å². The van der Waals surface area contributed by atoms with Gasteiger partial charge in [0, 0.05) is 25.7 Å². The molecule has 0 heterocycles. The van der Waals surface area contributed by atoms with Gasteiger partial charge in [0.25, 0.3) is 0 Å². The van der Waals surface area contributed by atoms with Crippen LogP contribution in [0.15, 0.2) is 0 Å². The maximum Gasteiger partial charge on any atom is 0.472 e. The summed E-state index contributed by atoms with van der Waals surface area (Å²) in [6, 6.07) is 0. The molecule has 0 aromatic carbocycles. The van der Waals surface area contributed by atoms with Crippen LogP contribution < -0.4 is 0 Å². The molecular formula is C81H158O17P2. The second-order valence-electron chi connectivity index (χ2n) is 29.2. The van der Waals surface area contributed by atoms with Crippen LogP contribution >= 0.6 is 15.6 Å². The molecule has 0 aromatic heterocycles. The molecule has 2 unspecified atom stereocenters. The Hall–Kier alpha value is -1.94. The van der Waals surface area contributed by atoms with Gasteiger partial charge in [0.15, 0.2) is 12.2 Å².